The van der Waals surface area contributed by atoms with Crippen LogP contribution in [0.15, 0.2) is 22.7 Å². The molecule has 10 heteroatoms. The van der Waals surface area contributed by atoms with E-state index in [1.165, 1.54) is 0 Å². The van der Waals surface area contributed by atoms with Gasteiger partial charge in [0.05, 0.1) is 29.4 Å². The molecule has 0 spiro atoms. The zero-order valence-corrected chi connectivity index (χ0v) is 19.1. The average molecular weight is 449 g/mol. The summed E-state index contributed by atoms with van der Waals surface area (Å²) in [5, 5.41) is 13.4. The van der Waals surface area contributed by atoms with E-state index in [1.807, 2.05) is 39.8 Å². The number of aryl methyl sites for hydroxylation is 4. The molecule has 2 N–H and O–H groups in total. The topological polar surface area (TPSA) is 107 Å². The highest BCUT2D eigenvalue weighted by Crippen LogP contribution is 2.41. The van der Waals surface area contributed by atoms with Gasteiger partial charge in [0.25, 0.3) is 0 Å². The van der Waals surface area contributed by atoms with Crippen LogP contribution >= 0.6 is 0 Å². The Morgan fingerprint density at radius 3 is 2.67 bits per heavy atom. The molecule has 0 saturated carbocycles. The van der Waals surface area contributed by atoms with Crippen LogP contribution < -0.4 is 10.1 Å². The number of hydrogen-bond donors (Lipinski definition) is 2. The number of rotatable bonds is 6. The van der Waals surface area contributed by atoms with Gasteiger partial charge in [-0.05, 0) is 39.8 Å². The second kappa shape index (κ2) is 7.88. The lowest BCUT2D eigenvalue weighted by atomic mass is 10.0. The number of aromatic nitrogens is 6. The first-order valence-electron chi connectivity index (χ1n) is 10.6. The second-order valence-corrected chi connectivity index (χ2v) is 7.86. The average Bonchev–Trinajstić information content (AvgIpc) is 3.46. The fourth-order valence-corrected chi connectivity index (χ4v) is 4.26. The minimum absolute atomic E-state index is 0.367. The summed E-state index contributed by atoms with van der Waals surface area (Å²) in [6.07, 6.45) is 0. The smallest absolute Gasteiger partial charge is 0.145 e. The third kappa shape index (κ3) is 3.38. The molecule has 0 aliphatic heterocycles. The lowest BCUT2D eigenvalue weighted by molar-refractivity contribution is 0.393. The molecule has 4 aromatic heterocycles. The highest BCUT2D eigenvalue weighted by atomic mass is 19.1. The molecule has 0 saturated heterocycles. The molecular formula is C23H24FN7O2. The van der Waals surface area contributed by atoms with Crippen molar-refractivity contribution in [2.24, 2.45) is 0 Å². The highest BCUT2D eigenvalue weighted by Gasteiger charge is 2.21. The Morgan fingerprint density at radius 2 is 2.00 bits per heavy atom. The van der Waals surface area contributed by atoms with Crippen molar-refractivity contribution in [1.29, 1.82) is 0 Å². The van der Waals surface area contributed by atoms with Gasteiger partial charge in [-0.15, -0.1) is 0 Å². The third-order valence-electron chi connectivity index (χ3n) is 5.70. The summed E-state index contributed by atoms with van der Waals surface area (Å²) < 4.78 is 26.0. The number of methoxy groups -OCH3 is 1. The van der Waals surface area contributed by atoms with Gasteiger partial charge >= 0.3 is 0 Å². The molecule has 170 valence electrons. The minimum atomic E-state index is -0.630. The lowest BCUT2D eigenvalue weighted by Gasteiger charge is -2.11. The van der Waals surface area contributed by atoms with Crippen LogP contribution in [-0.4, -0.2) is 37.0 Å². The van der Waals surface area contributed by atoms with Crippen molar-refractivity contribution < 1.29 is 13.7 Å². The largest absolute Gasteiger partial charge is 0.496 e. The van der Waals surface area contributed by atoms with E-state index in [0.29, 0.717) is 41.1 Å². The summed E-state index contributed by atoms with van der Waals surface area (Å²) in [5.41, 5.74) is 4.49. The van der Waals surface area contributed by atoms with Crippen molar-refractivity contribution in [3.8, 4) is 16.9 Å². The van der Waals surface area contributed by atoms with Crippen LogP contribution in [0.2, 0.25) is 0 Å². The Kier molecular flexibility index (Phi) is 4.99. The van der Waals surface area contributed by atoms with Gasteiger partial charge in [-0.1, -0.05) is 5.16 Å². The second-order valence-electron chi connectivity index (χ2n) is 7.86. The van der Waals surface area contributed by atoms with E-state index in [1.54, 1.807) is 17.9 Å². The first-order valence-corrected chi connectivity index (χ1v) is 10.6. The van der Waals surface area contributed by atoms with Crippen molar-refractivity contribution in [3.05, 3.63) is 41.2 Å². The molecular weight excluding hydrogens is 425 g/mol. The SMILES string of the molecule is CCn1nc(CF)cc1Nc1nc(C)nc2[nH]c3cc(-c4c(C)noc4C)c(OC)cc3c12. The van der Waals surface area contributed by atoms with Gasteiger partial charge in [-0.25, -0.2) is 19.0 Å². The van der Waals surface area contributed by atoms with E-state index in [0.717, 1.165) is 38.9 Å². The van der Waals surface area contributed by atoms with Crippen LogP contribution in [0.5, 0.6) is 5.75 Å². The van der Waals surface area contributed by atoms with Crippen LogP contribution in [0.4, 0.5) is 16.0 Å². The molecule has 0 bridgehead atoms. The number of hydrogen-bond acceptors (Lipinski definition) is 7. The first-order chi connectivity index (χ1) is 15.9. The molecule has 4 heterocycles. The Labute approximate surface area is 189 Å². The van der Waals surface area contributed by atoms with Crippen LogP contribution in [-0.2, 0) is 13.2 Å². The number of halogens is 1. The fraction of sp³-hybridized carbons (Fsp3) is 0.304. The maximum Gasteiger partial charge on any atom is 0.145 e. The Bertz CT molecular complexity index is 1480. The Balaban J connectivity index is 1.74. The van der Waals surface area contributed by atoms with Gasteiger partial charge in [-0.2, -0.15) is 5.10 Å². The molecule has 0 radical (unpaired) electrons. The van der Waals surface area contributed by atoms with Gasteiger partial charge in [0.1, 0.15) is 41.3 Å². The number of ether oxygens (including phenoxy) is 1. The van der Waals surface area contributed by atoms with Gasteiger partial charge in [0.15, 0.2) is 0 Å². The van der Waals surface area contributed by atoms with E-state index in [9.17, 15) is 4.39 Å². The molecule has 0 fully saturated rings. The van der Waals surface area contributed by atoms with Crippen LogP contribution in [0.1, 0.15) is 29.9 Å². The highest BCUT2D eigenvalue weighted by molar-refractivity contribution is 6.13. The maximum atomic E-state index is 13.2. The molecule has 0 amide bonds. The summed E-state index contributed by atoms with van der Waals surface area (Å²) in [6.45, 7) is 7.53. The number of fused-ring (bicyclic) bond motifs is 3. The number of anilines is 2. The lowest BCUT2D eigenvalue weighted by Crippen LogP contribution is -2.05. The summed E-state index contributed by atoms with van der Waals surface area (Å²) >= 11 is 0. The minimum Gasteiger partial charge on any atom is -0.496 e. The molecule has 1 aromatic carbocycles. The zero-order chi connectivity index (χ0) is 23.3. The van der Waals surface area contributed by atoms with Crippen LogP contribution in [0, 0.1) is 20.8 Å². The number of aromatic amines is 1. The normalized spacial score (nSPS) is 11.6. The van der Waals surface area contributed by atoms with Crippen molar-refractivity contribution in [3.63, 3.8) is 0 Å². The molecule has 5 rings (SSSR count). The van der Waals surface area contributed by atoms with Gasteiger partial charge < -0.3 is 19.6 Å². The van der Waals surface area contributed by atoms with E-state index in [-0.39, 0.29) is 0 Å². The van der Waals surface area contributed by atoms with Gasteiger partial charge in [0.2, 0.25) is 0 Å². The molecule has 5 aromatic rings. The molecule has 0 aliphatic rings. The van der Waals surface area contributed by atoms with Crippen LogP contribution in [0.25, 0.3) is 33.1 Å². The number of nitrogens with zero attached hydrogens (tertiary/aromatic N) is 5. The van der Waals surface area contributed by atoms with Crippen LogP contribution in [0.3, 0.4) is 0 Å². The quantitative estimate of drug-likeness (QED) is 0.370. The molecule has 33 heavy (non-hydrogen) atoms. The van der Waals surface area contributed by atoms with Crippen molar-refractivity contribution in [1.82, 2.24) is 29.9 Å². The predicted octanol–water partition coefficient (Wildman–Crippen LogP) is 5.13. The summed E-state index contributed by atoms with van der Waals surface area (Å²) in [5.74, 6) is 3.27. The Hall–Kier alpha value is -3.95. The molecule has 0 unspecified atom stereocenters. The predicted molar refractivity (Wildman–Crippen MR) is 124 cm³/mol. The van der Waals surface area contributed by atoms with Crippen molar-refractivity contribution in [2.75, 3.05) is 12.4 Å². The molecule has 0 aliphatic carbocycles. The van der Waals surface area contributed by atoms with E-state index < -0.39 is 6.67 Å². The zero-order valence-electron chi connectivity index (χ0n) is 19.1. The molecule has 9 nitrogen and oxygen atoms in total. The number of alkyl halides is 1. The van der Waals surface area contributed by atoms with E-state index in [2.05, 4.69) is 30.5 Å². The number of H-pyrrole nitrogens is 1. The van der Waals surface area contributed by atoms with Gasteiger partial charge in [0, 0.05) is 29.1 Å². The van der Waals surface area contributed by atoms with Gasteiger partial charge in [-0.3, -0.25) is 0 Å². The van der Waals surface area contributed by atoms with Crippen molar-refractivity contribution >= 4 is 33.6 Å². The van der Waals surface area contributed by atoms with E-state index in [4.69, 9.17) is 9.26 Å². The monoisotopic (exact) mass is 449 g/mol. The summed E-state index contributed by atoms with van der Waals surface area (Å²) in [4.78, 5) is 12.6. The number of benzene rings is 1. The maximum absolute atomic E-state index is 13.2. The van der Waals surface area contributed by atoms with Crippen molar-refractivity contribution in [2.45, 2.75) is 40.9 Å². The number of nitrogens with one attached hydrogen (secondary N) is 2. The molecule has 0 atom stereocenters. The Morgan fingerprint density at radius 1 is 1.18 bits per heavy atom. The summed E-state index contributed by atoms with van der Waals surface area (Å²) in [7, 11) is 1.63. The fourth-order valence-electron chi connectivity index (χ4n) is 4.26. The standard InChI is InChI=1S/C23H24FN7O2/c1-6-31-19(7-14(10-24)29-31)28-23-21-15-9-18(32-5)16(20-11(2)30-33-12(20)3)8-17(15)27-22(21)25-13(4)26-23/h7-9H,6,10H2,1-5H3,(H2,25,26,27,28). The third-order valence-corrected chi connectivity index (χ3v) is 5.70. The summed E-state index contributed by atoms with van der Waals surface area (Å²) in [6, 6.07) is 5.67. The van der Waals surface area contributed by atoms with E-state index >= 15 is 0 Å². The first kappa shape index (κ1) is 20.9.